The van der Waals surface area contributed by atoms with Crippen LogP contribution in [0.2, 0.25) is 0 Å². The molecule has 5 rings (SSSR count). The summed E-state index contributed by atoms with van der Waals surface area (Å²) < 4.78 is 71.7. The maximum absolute atomic E-state index is 13.3. The average molecular weight is 575 g/mol. The Bertz CT molecular complexity index is 1550. The fourth-order valence-electron chi connectivity index (χ4n) is 4.53. The number of nitrogens with zero attached hydrogens (tertiary/aromatic N) is 1. The predicted molar refractivity (Wildman–Crippen MR) is 142 cm³/mol. The van der Waals surface area contributed by atoms with Gasteiger partial charge in [0.2, 0.25) is 11.0 Å². The topological polar surface area (TPSA) is 79.6 Å². The summed E-state index contributed by atoms with van der Waals surface area (Å²) in [4.78, 5) is 13.8. The van der Waals surface area contributed by atoms with Crippen LogP contribution in [-0.2, 0) is 33.3 Å². The van der Waals surface area contributed by atoms with Gasteiger partial charge in [0, 0.05) is 35.2 Å². The van der Waals surface area contributed by atoms with Gasteiger partial charge in [-0.05, 0) is 54.3 Å². The van der Waals surface area contributed by atoms with Gasteiger partial charge in [-0.25, -0.2) is 8.42 Å². The third-order valence-corrected chi connectivity index (χ3v) is 9.36. The minimum Gasteiger partial charge on any atom is -0.443 e. The molecule has 2 heterocycles. The molecular weight excluding hydrogens is 549 g/mol. The summed E-state index contributed by atoms with van der Waals surface area (Å²) in [5.74, 6) is 0.163. The molecule has 1 fully saturated rings. The highest BCUT2D eigenvalue weighted by atomic mass is 32.2. The van der Waals surface area contributed by atoms with E-state index < -0.39 is 27.8 Å². The van der Waals surface area contributed by atoms with Gasteiger partial charge in [-0.3, -0.25) is 4.79 Å². The molecule has 1 amide bonds. The summed E-state index contributed by atoms with van der Waals surface area (Å²) >= 11 is 1.41. The number of benzene rings is 3. The molecule has 1 atom stereocenters. The fraction of sp³-hybridized carbons (Fsp3) is 0.250. The van der Waals surface area contributed by atoms with Crippen LogP contribution in [0.25, 0.3) is 11.0 Å². The number of hydrogen-bond acceptors (Lipinski definition) is 5. The number of amides is 1. The van der Waals surface area contributed by atoms with E-state index in [0.717, 1.165) is 23.3 Å². The largest absolute Gasteiger partial charge is 0.443 e. The first kappa shape index (κ1) is 27.3. The lowest BCUT2D eigenvalue weighted by Crippen LogP contribution is -2.45. The highest BCUT2D eigenvalue weighted by Gasteiger charge is 2.41. The number of hydrogen-bond donors (Lipinski definition) is 1. The van der Waals surface area contributed by atoms with Gasteiger partial charge in [-0.1, -0.05) is 42.5 Å². The molecule has 1 aliphatic rings. The smallest absolute Gasteiger partial charge is 0.416 e. The SMILES string of the molecule is O=C(NCc1cccc(CSc2ccc(C(F)(F)F)cc2)c1)[C@@H]1CCCN1S(=O)(=O)c1cc2ccccc2o1. The first-order chi connectivity index (χ1) is 18.6. The van der Waals surface area contributed by atoms with Crippen molar-refractivity contribution in [1.82, 2.24) is 9.62 Å². The van der Waals surface area contributed by atoms with Gasteiger partial charge >= 0.3 is 6.18 Å². The predicted octanol–water partition coefficient (Wildman–Crippen LogP) is 6.21. The number of carbonyl (C=O) groups excluding carboxylic acids is 1. The molecule has 204 valence electrons. The van der Waals surface area contributed by atoms with Crippen LogP contribution in [0, 0.1) is 0 Å². The third kappa shape index (κ3) is 6.15. The van der Waals surface area contributed by atoms with Gasteiger partial charge in [-0.15, -0.1) is 11.8 Å². The van der Waals surface area contributed by atoms with Gasteiger partial charge in [0.05, 0.1) is 5.56 Å². The molecule has 1 aromatic heterocycles. The van der Waals surface area contributed by atoms with E-state index in [4.69, 9.17) is 4.42 Å². The monoisotopic (exact) mass is 574 g/mol. The van der Waals surface area contributed by atoms with Crippen LogP contribution in [0.5, 0.6) is 0 Å². The molecular formula is C28H25F3N2O4S2. The molecule has 39 heavy (non-hydrogen) atoms. The van der Waals surface area contributed by atoms with Crippen LogP contribution in [-0.4, -0.2) is 31.2 Å². The maximum atomic E-state index is 13.3. The second-order valence-electron chi connectivity index (χ2n) is 9.23. The molecule has 3 aromatic carbocycles. The standard InChI is InChI=1S/C28H25F3N2O4S2/c29-28(30,31)22-10-12-23(13-11-22)38-18-20-6-3-5-19(15-20)17-32-27(34)24-8-4-14-33(24)39(35,36)26-16-21-7-1-2-9-25(21)37-26/h1-3,5-7,9-13,15-16,24H,4,8,14,17-18H2,(H,32,34)/t24-/m0/s1. The number of alkyl halides is 3. The van der Waals surface area contributed by atoms with Crippen molar-refractivity contribution in [2.45, 2.75) is 47.3 Å². The van der Waals surface area contributed by atoms with Gasteiger partial charge in [0.1, 0.15) is 11.6 Å². The molecule has 0 radical (unpaired) electrons. The number of thioether (sulfide) groups is 1. The van der Waals surface area contributed by atoms with Crippen molar-refractivity contribution in [3.8, 4) is 0 Å². The quantitative estimate of drug-likeness (QED) is 0.253. The normalized spacial score (nSPS) is 16.5. The molecule has 1 aliphatic heterocycles. The van der Waals surface area contributed by atoms with E-state index >= 15 is 0 Å². The lowest BCUT2D eigenvalue weighted by molar-refractivity contribution is -0.137. The number of rotatable bonds is 8. The highest BCUT2D eigenvalue weighted by molar-refractivity contribution is 7.98. The first-order valence-corrected chi connectivity index (χ1v) is 14.7. The number of carbonyl (C=O) groups is 1. The van der Waals surface area contributed by atoms with Gasteiger partial charge in [0.25, 0.3) is 10.0 Å². The Kier molecular flexibility index (Phi) is 7.75. The van der Waals surface area contributed by atoms with E-state index in [1.807, 2.05) is 24.3 Å². The number of para-hydroxylation sites is 1. The van der Waals surface area contributed by atoms with Gasteiger partial charge in [-0.2, -0.15) is 17.5 Å². The Hall–Kier alpha value is -3.28. The zero-order valence-corrected chi connectivity index (χ0v) is 22.3. The van der Waals surface area contributed by atoms with E-state index in [1.165, 1.54) is 34.3 Å². The highest BCUT2D eigenvalue weighted by Crippen LogP contribution is 2.32. The van der Waals surface area contributed by atoms with E-state index in [9.17, 15) is 26.4 Å². The summed E-state index contributed by atoms with van der Waals surface area (Å²) in [6, 6.07) is 20.2. The number of fused-ring (bicyclic) bond motifs is 1. The van der Waals surface area contributed by atoms with Crippen molar-refractivity contribution in [2.24, 2.45) is 0 Å². The molecule has 0 bridgehead atoms. The van der Waals surface area contributed by atoms with Crippen molar-refractivity contribution in [3.63, 3.8) is 0 Å². The summed E-state index contributed by atoms with van der Waals surface area (Å²) in [5, 5.41) is 3.35. The summed E-state index contributed by atoms with van der Waals surface area (Å²) in [5.41, 5.74) is 1.56. The minimum atomic E-state index is -4.37. The second-order valence-corrected chi connectivity index (χ2v) is 12.1. The molecule has 0 saturated carbocycles. The molecule has 0 spiro atoms. The molecule has 0 unspecified atom stereocenters. The van der Waals surface area contributed by atoms with Crippen LogP contribution < -0.4 is 5.32 Å². The number of halogens is 3. The summed E-state index contributed by atoms with van der Waals surface area (Å²) in [7, 11) is -3.99. The minimum absolute atomic E-state index is 0.179. The Labute approximate surface area is 228 Å². The zero-order valence-electron chi connectivity index (χ0n) is 20.6. The molecule has 4 aromatic rings. The van der Waals surface area contributed by atoms with Crippen LogP contribution in [0.1, 0.15) is 29.5 Å². The van der Waals surface area contributed by atoms with Crippen molar-refractivity contribution >= 4 is 38.7 Å². The third-order valence-electron chi connectivity index (χ3n) is 6.52. The Morgan fingerprint density at radius 3 is 2.49 bits per heavy atom. The van der Waals surface area contributed by atoms with E-state index in [0.29, 0.717) is 34.5 Å². The molecule has 1 saturated heterocycles. The summed E-state index contributed by atoms with van der Waals surface area (Å²) in [6.07, 6.45) is -3.39. The molecule has 11 heteroatoms. The van der Waals surface area contributed by atoms with Crippen LogP contribution in [0.15, 0.2) is 93.3 Å². The second kappa shape index (κ2) is 11.1. The van der Waals surface area contributed by atoms with Crippen molar-refractivity contribution in [3.05, 3.63) is 95.6 Å². The van der Waals surface area contributed by atoms with E-state index in [1.54, 1.807) is 24.3 Å². The summed E-state index contributed by atoms with van der Waals surface area (Å²) in [6.45, 7) is 0.445. The van der Waals surface area contributed by atoms with Crippen molar-refractivity contribution in [2.75, 3.05) is 6.54 Å². The maximum Gasteiger partial charge on any atom is 0.416 e. The van der Waals surface area contributed by atoms with Gasteiger partial charge in [0.15, 0.2) is 0 Å². The lowest BCUT2D eigenvalue weighted by atomic mass is 10.1. The molecule has 0 aliphatic carbocycles. The fourth-order valence-corrected chi connectivity index (χ4v) is 6.98. The van der Waals surface area contributed by atoms with Crippen LogP contribution in [0.4, 0.5) is 13.2 Å². The van der Waals surface area contributed by atoms with E-state index in [2.05, 4.69) is 5.32 Å². The number of furan rings is 1. The zero-order chi connectivity index (χ0) is 27.6. The van der Waals surface area contributed by atoms with Crippen LogP contribution in [0.3, 0.4) is 0 Å². The van der Waals surface area contributed by atoms with Crippen molar-refractivity contribution < 1.29 is 30.8 Å². The first-order valence-electron chi connectivity index (χ1n) is 12.3. The van der Waals surface area contributed by atoms with Crippen LogP contribution >= 0.6 is 11.8 Å². The van der Waals surface area contributed by atoms with Gasteiger partial charge < -0.3 is 9.73 Å². The number of sulfonamides is 1. The Morgan fingerprint density at radius 1 is 1.00 bits per heavy atom. The number of nitrogens with one attached hydrogen (secondary N) is 1. The lowest BCUT2D eigenvalue weighted by Gasteiger charge is -2.22. The Morgan fingerprint density at radius 2 is 1.74 bits per heavy atom. The average Bonchev–Trinajstić information content (AvgIpc) is 3.59. The Balaban J connectivity index is 1.20. The van der Waals surface area contributed by atoms with Crippen molar-refractivity contribution in [1.29, 1.82) is 0 Å². The van der Waals surface area contributed by atoms with E-state index in [-0.39, 0.29) is 24.1 Å². The molecule has 1 N–H and O–H groups in total. The molecule has 6 nitrogen and oxygen atoms in total.